The predicted octanol–water partition coefficient (Wildman–Crippen LogP) is 15.3. The summed E-state index contributed by atoms with van der Waals surface area (Å²) in [4.78, 5) is 120. The first-order chi connectivity index (χ1) is 56.0. The van der Waals surface area contributed by atoms with Crippen LogP contribution in [0, 0.1) is 56.2 Å². The minimum Gasteiger partial charge on any atom is -0.494 e. The minimum absolute atomic E-state index is 0.0241. The molecule has 2 aromatic heterocycles. The van der Waals surface area contributed by atoms with Crippen LogP contribution < -0.4 is 34.1 Å². The second-order valence-electron chi connectivity index (χ2n) is 34.6. The Morgan fingerprint density at radius 1 is 0.496 bits per heavy atom. The van der Waals surface area contributed by atoms with E-state index >= 15 is 0 Å². The van der Waals surface area contributed by atoms with Crippen molar-refractivity contribution < 1.29 is 57.3 Å². The number of Topliss-reactive ketones (excluding diaryl/α,β-unsaturated/α-hetero) is 6. The smallest absolute Gasteiger partial charge is 0.254 e. The van der Waals surface area contributed by atoms with Gasteiger partial charge >= 0.3 is 0 Å². The van der Waals surface area contributed by atoms with Gasteiger partial charge in [0.05, 0.1) is 59.3 Å². The average Bonchev–Trinajstić information content (AvgIpc) is 0.711. The molecule has 4 saturated carbocycles. The molecule has 4 aliphatic heterocycles. The Balaban J connectivity index is 0.000000179. The van der Waals surface area contributed by atoms with Crippen LogP contribution in [0.5, 0.6) is 23.0 Å². The lowest BCUT2D eigenvalue weighted by Crippen LogP contribution is -2.66. The number of nitrogens with zero attached hydrogens (tertiary/aromatic N) is 9. The number of carbonyl (C=O) groups is 8. The normalized spacial score (nSPS) is 22.4. The zero-order chi connectivity index (χ0) is 83.5. The number of hydrogen-bond donors (Lipinski definition) is 1. The highest BCUT2D eigenvalue weighted by Crippen LogP contribution is 2.63. The summed E-state index contributed by atoms with van der Waals surface area (Å²) >= 11 is 18.1. The number of anilines is 2. The molecule has 0 spiro atoms. The van der Waals surface area contributed by atoms with Gasteiger partial charge in [0.25, 0.3) is 11.8 Å². The zero-order valence-electron chi connectivity index (χ0n) is 68.6. The van der Waals surface area contributed by atoms with Crippen molar-refractivity contribution in [2.45, 2.75) is 182 Å². The Bertz CT molecular complexity index is 4700. The fraction of sp³-hybridized carbons (Fsp3) is 0.522. The molecule has 2 saturated heterocycles. The van der Waals surface area contributed by atoms with Crippen LogP contribution in [-0.4, -0.2) is 187 Å². The molecular formula is C92H109Cl3N10O12. The molecular weight excluding hydrogens is 1540 g/mol. The van der Waals surface area contributed by atoms with E-state index in [9.17, 15) is 43.6 Å². The van der Waals surface area contributed by atoms with Crippen LogP contribution >= 0.6 is 34.8 Å². The van der Waals surface area contributed by atoms with Crippen molar-refractivity contribution in [1.29, 1.82) is 10.5 Å². The van der Waals surface area contributed by atoms with E-state index < -0.39 is 12.1 Å². The lowest BCUT2D eigenvalue weighted by atomic mass is 9.44. The van der Waals surface area contributed by atoms with Gasteiger partial charge in [-0.25, -0.2) is 9.97 Å². The average molecular weight is 1650 g/mol. The molecule has 0 radical (unpaired) electrons. The van der Waals surface area contributed by atoms with Crippen molar-refractivity contribution in [3.05, 3.63) is 164 Å². The molecule has 22 nitrogen and oxygen atoms in total. The maximum Gasteiger partial charge on any atom is 0.254 e. The van der Waals surface area contributed by atoms with Crippen molar-refractivity contribution in [2.24, 2.45) is 33.5 Å². The topological polar surface area (TPSA) is 275 Å². The van der Waals surface area contributed by atoms with Gasteiger partial charge in [-0.1, -0.05) is 78.6 Å². The summed E-state index contributed by atoms with van der Waals surface area (Å²) in [5, 5.41) is 22.4. The molecule has 14 rings (SSSR count). The summed E-state index contributed by atoms with van der Waals surface area (Å²) in [5.41, 5.74) is 4.39. The maximum absolute atomic E-state index is 13.5. The third-order valence-corrected chi connectivity index (χ3v) is 26.3. The predicted molar refractivity (Wildman–Crippen MR) is 450 cm³/mol. The molecule has 4 aromatic carbocycles. The molecule has 620 valence electrons. The molecule has 6 fully saturated rings. The van der Waals surface area contributed by atoms with Crippen LogP contribution in [0.3, 0.4) is 0 Å². The Morgan fingerprint density at radius 2 is 0.915 bits per heavy atom. The number of fused-ring (bicyclic) bond motifs is 2. The second-order valence-corrected chi connectivity index (χ2v) is 35.8. The molecule has 25 heteroatoms. The molecule has 8 aliphatic rings. The van der Waals surface area contributed by atoms with Crippen LogP contribution in [0.2, 0.25) is 10.0 Å². The third kappa shape index (κ3) is 20.2. The lowest BCUT2D eigenvalue weighted by molar-refractivity contribution is -0.196. The van der Waals surface area contributed by atoms with Crippen molar-refractivity contribution in [2.75, 3.05) is 101 Å². The summed E-state index contributed by atoms with van der Waals surface area (Å²) in [6.45, 7) is 27.9. The number of ketones is 6. The SMILES string of the molecule is CC1(C)C(CC(=O)c2ccc(N3CCN(CCCCCOc4ccc5c(c4)CCN(C4CCC(=O)CC4=O)C5=O)CC3)nc2)C(C)(C)C1Oc1ccc(C#N)c(Cl)c1.CC1(C)C(CC(=O)c2ccc(N3CCNCC3)nc2)C(C)(C)C1Oc1ccc(C#N)c(Cl)c1.O=C1CCC(N2CCc3cc(OCCCCCCl)ccc3C2=O)C(=O)C1. The highest BCUT2D eigenvalue weighted by molar-refractivity contribution is 6.32. The molecule has 117 heavy (non-hydrogen) atoms. The highest BCUT2D eigenvalue weighted by atomic mass is 35.5. The van der Waals surface area contributed by atoms with E-state index in [4.69, 9.17) is 64.0 Å². The number of nitrogens with one attached hydrogen (secondary N) is 1. The minimum atomic E-state index is -0.489. The number of benzene rings is 4. The molecule has 2 amide bonds. The molecule has 2 atom stereocenters. The number of alkyl halides is 1. The number of aromatic nitrogens is 2. The van der Waals surface area contributed by atoms with Crippen LogP contribution in [0.4, 0.5) is 11.6 Å². The summed E-state index contributed by atoms with van der Waals surface area (Å²) < 4.78 is 24.6. The number of pyridine rings is 2. The maximum atomic E-state index is 13.5. The van der Waals surface area contributed by atoms with E-state index in [0.717, 1.165) is 132 Å². The highest BCUT2D eigenvalue weighted by Gasteiger charge is 2.65. The van der Waals surface area contributed by atoms with Crippen LogP contribution in [0.1, 0.15) is 209 Å². The Hall–Kier alpha value is -9.29. The van der Waals surface area contributed by atoms with E-state index in [1.807, 2.05) is 54.6 Å². The summed E-state index contributed by atoms with van der Waals surface area (Å²) in [5.74, 6) is 5.17. The summed E-state index contributed by atoms with van der Waals surface area (Å²) in [6, 6.07) is 32.4. The van der Waals surface area contributed by atoms with E-state index in [-0.39, 0.29) is 105 Å². The number of hydrogen-bond acceptors (Lipinski definition) is 20. The van der Waals surface area contributed by atoms with Gasteiger partial charge in [0.15, 0.2) is 23.1 Å². The Kier molecular flexibility index (Phi) is 28.4. The van der Waals surface area contributed by atoms with E-state index in [2.05, 4.69) is 92.5 Å². The molecule has 0 bridgehead atoms. The Labute approximate surface area is 702 Å². The van der Waals surface area contributed by atoms with Gasteiger partial charge in [0.2, 0.25) is 0 Å². The quantitative estimate of drug-likeness (QED) is 0.0217. The largest absolute Gasteiger partial charge is 0.494 e. The number of halogens is 3. The Morgan fingerprint density at radius 3 is 1.31 bits per heavy atom. The van der Waals surface area contributed by atoms with Crippen molar-refractivity contribution in [1.82, 2.24) is 30.0 Å². The number of ether oxygens (including phenoxy) is 4. The number of rotatable bonds is 27. The monoisotopic (exact) mass is 1650 g/mol. The van der Waals surface area contributed by atoms with Crippen molar-refractivity contribution in [3.8, 4) is 35.1 Å². The first-order valence-corrected chi connectivity index (χ1v) is 42.7. The fourth-order valence-corrected chi connectivity index (χ4v) is 19.9. The summed E-state index contributed by atoms with van der Waals surface area (Å²) in [6.07, 6.45) is 13.0. The number of piperazine rings is 2. The number of nitriles is 2. The standard InChI is InChI=1S/C46H54ClN5O6.C26H31ClN4O2.C20H24ClNO4/c1-45(2)41(46(3,4)44(45)58-35-11-8-31(28-48)37(47)26-35)27-39(54)32-9-15-42(49-29-32)51-21-19-50(20-22-51)17-6-5-7-23-57-34-12-13-36-30(24-34)16-18-52(43(36)56)38-14-10-33(53)25-40(38)55;1-25(2)22(26(3,4)24(25)33-19-7-5-17(15-28)20(27)13-19)14-21(32)18-6-8-23(30-16-18)31-11-9-29-10-12-31;21-9-2-1-3-11-26-16-5-6-17-14(12-16)8-10-22(20(17)25)18-7-4-15(23)13-19(18)24/h8-9,11-13,15,24,26,29,38,41,44H,5-7,10,14,16-23,25,27H2,1-4H3;5-8,13,16,22,24,29H,9-12,14H2,1-4H3;5-6,12,18H,1-4,7-11,13H2. The molecule has 1 N–H and O–H groups in total. The first kappa shape index (κ1) is 87.0. The van der Waals surface area contributed by atoms with Crippen molar-refractivity contribution in [3.63, 3.8) is 0 Å². The van der Waals surface area contributed by atoms with Gasteiger partial charge in [0, 0.05) is 165 Å². The van der Waals surface area contributed by atoms with Gasteiger partial charge < -0.3 is 43.9 Å². The van der Waals surface area contributed by atoms with Gasteiger partial charge in [-0.05, 0) is 179 Å². The molecule has 2 unspecified atom stereocenters. The zero-order valence-corrected chi connectivity index (χ0v) is 70.9. The van der Waals surface area contributed by atoms with E-state index in [1.165, 1.54) is 0 Å². The van der Waals surface area contributed by atoms with Gasteiger partial charge in [0.1, 0.15) is 70.5 Å². The first-order valence-electron chi connectivity index (χ1n) is 41.4. The molecule has 6 heterocycles. The second kappa shape index (κ2) is 38.2. The van der Waals surface area contributed by atoms with Gasteiger partial charge in [-0.3, -0.25) is 43.3 Å². The summed E-state index contributed by atoms with van der Waals surface area (Å²) in [7, 11) is 0. The van der Waals surface area contributed by atoms with Crippen LogP contribution in [0.25, 0.3) is 0 Å². The lowest BCUT2D eigenvalue weighted by Gasteiger charge is -2.63. The van der Waals surface area contributed by atoms with Crippen LogP contribution in [-0.2, 0) is 32.0 Å². The number of amides is 2. The number of unbranched alkanes of at least 4 members (excludes halogenated alkanes) is 4. The van der Waals surface area contributed by atoms with E-state index in [1.54, 1.807) is 64.7 Å². The van der Waals surface area contributed by atoms with Gasteiger partial charge in [-0.15, -0.1) is 11.6 Å². The van der Waals surface area contributed by atoms with Crippen LogP contribution in [0.15, 0.2) is 109 Å². The van der Waals surface area contributed by atoms with Crippen molar-refractivity contribution >= 4 is 93.0 Å². The van der Waals surface area contributed by atoms with Gasteiger partial charge in [-0.2, -0.15) is 10.5 Å². The fourth-order valence-electron chi connectivity index (χ4n) is 19.3. The number of carbonyl (C=O) groups excluding carboxylic acids is 8. The third-order valence-electron chi connectivity index (χ3n) is 25.4. The molecule has 4 aliphatic carbocycles. The van der Waals surface area contributed by atoms with E-state index in [0.29, 0.717) is 138 Å². The molecule has 6 aromatic rings.